The summed E-state index contributed by atoms with van der Waals surface area (Å²) >= 11 is 1.22. The molecule has 2 fully saturated rings. The monoisotopic (exact) mass is 606 g/mol. The Hall–Kier alpha value is -2.74. The zero-order valence-corrected chi connectivity index (χ0v) is 27.6. The minimum absolute atomic E-state index is 0.0378. The Morgan fingerprint density at radius 3 is 2.17 bits per heavy atom. The average Bonchev–Trinajstić information content (AvgIpc) is 3.37. The van der Waals surface area contributed by atoms with Gasteiger partial charge in [-0.25, -0.2) is 0 Å². The molecule has 9 nitrogen and oxygen atoms in total. The lowest BCUT2D eigenvalue weighted by atomic mass is 9.91. The molecule has 3 rings (SSSR count). The number of methoxy groups -OCH3 is 1. The lowest BCUT2D eigenvalue weighted by Gasteiger charge is -2.28. The molecule has 0 N–H and O–H groups in total. The second kappa shape index (κ2) is 18.7. The number of anilines is 1. The SMILES string of the molecule is CC(C)(C)C#Cc1cc(N(C=O)CC(=O)N2CCOCC2)c(C=O)s1.CC1CCCCC1.COCOC(=O)C(C)(C)C. The molecule has 1 saturated carbocycles. The minimum Gasteiger partial charge on any atom is -0.438 e. The van der Waals surface area contributed by atoms with Crippen LogP contribution in [0.25, 0.3) is 0 Å². The summed E-state index contributed by atoms with van der Waals surface area (Å²) < 4.78 is 14.5. The summed E-state index contributed by atoms with van der Waals surface area (Å²) in [6, 6.07) is 1.69. The van der Waals surface area contributed by atoms with Crippen molar-refractivity contribution in [3.8, 4) is 11.8 Å². The molecule has 1 saturated heterocycles. The van der Waals surface area contributed by atoms with Crippen LogP contribution in [0.3, 0.4) is 0 Å². The van der Waals surface area contributed by atoms with Crippen LogP contribution in [0.1, 0.15) is 95.1 Å². The molecule has 0 aromatic carbocycles. The van der Waals surface area contributed by atoms with E-state index in [9.17, 15) is 19.2 Å². The standard InChI is InChI=1S/C18H22N2O4S.C7H14O3.C7H14/c1-18(2,3)5-4-14-10-15(16(12-21)25-14)20(13-22)11-17(23)19-6-8-24-9-7-19;1-7(2,3)6(8)10-5-9-4;1-7-5-3-2-4-6-7/h10,12-13H,6-9,11H2,1-3H3;5H2,1-4H3;7H,2-6H2,1H3. The van der Waals surface area contributed by atoms with Crippen molar-refractivity contribution in [2.45, 2.75) is 80.6 Å². The van der Waals surface area contributed by atoms with Crippen molar-refractivity contribution in [2.24, 2.45) is 16.7 Å². The number of rotatable bonds is 7. The topological polar surface area (TPSA) is 102 Å². The van der Waals surface area contributed by atoms with Crippen LogP contribution in [0.2, 0.25) is 0 Å². The number of ether oxygens (including phenoxy) is 3. The number of hydrogen-bond donors (Lipinski definition) is 0. The quantitative estimate of drug-likeness (QED) is 0.174. The van der Waals surface area contributed by atoms with E-state index in [0.717, 1.165) is 5.92 Å². The fourth-order valence-electron chi connectivity index (χ4n) is 3.89. The zero-order chi connectivity index (χ0) is 31.8. The van der Waals surface area contributed by atoms with Gasteiger partial charge in [-0.05, 0) is 53.5 Å². The molecule has 0 spiro atoms. The van der Waals surface area contributed by atoms with Gasteiger partial charge >= 0.3 is 5.97 Å². The lowest BCUT2D eigenvalue weighted by molar-refractivity contribution is -0.163. The number of aldehydes is 1. The first-order valence-corrected chi connectivity index (χ1v) is 15.4. The number of carbonyl (C=O) groups excluding carboxylic acids is 4. The van der Waals surface area contributed by atoms with Gasteiger partial charge in [0.2, 0.25) is 12.3 Å². The Morgan fingerprint density at radius 2 is 1.71 bits per heavy atom. The van der Waals surface area contributed by atoms with Gasteiger partial charge in [-0.2, -0.15) is 0 Å². The van der Waals surface area contributed by atoms with Gasteiger partial charge in [-0.1, -0.05) is 50.9 Å². The van der Waals surface area contributed by atoms with Crippen LogP contribution < -0.4 is 4.90 Å². The Kier molecular flexibility index (Phi) is 16.6. The zero-order valence-electron chi connectivity index (χ0n) is 26.7. The third kappa shape index (κ3) is 14.9. The fourth-order valence-corrected chi connectivity index (χ4v) is 4.73. The highest BCUT2D eigenvalue weighted by molar-refractivity contribution is 7.14. The number of esters is 1. The molecule has 0 bridgehead atoms. The molecular weight excluding hydrogens is 556 g/mol. The lowest BCUT2D eigenvalue weighted by Crippen LogP contribution is -2.45. The van der Waals surface area contributed by atoms with Gasteiger partial charge in [0.25, 0.3) is 0 Å². The highest BCUT2D eigenvalue weighted by Gasteiger charge is 2.23. The van der Waals surface area contributed by atoms with E-state index in [1.165, 1.54) is 55.5 Å². The molecular formula is C32H50N2O7S. The van der Waals surface area contributed by atoms with Crippen LogP contribution >= 0.6 is 11.3 Å². The number of hydrogen-bond acceptors (Lipinski definition) is 8. The van der Waals surface area contributed by atoms with Crippen LogP contribution in [0, 0.1) is 28.6 Å². The van der Waals surface area contributed by atoms with Gasteiger partial charge < -0.3 is 24.0 Å². The maximum atomic E-state index is 12.4. The number of carbonyl (C=O) groups is 4. The number of thiophene rings is 1. The normalized spacial score (nSPS) is 15.5. The summed E-state index contributed by atoms with van der Waals surface area (Å²) in [5.74, 6) is 6.76. The third-order valence-corrected chi connectivity index (χ3v) is 7.29. The van der Waals surface area contributed by atoms with Crippen molar-refractivity contribution >= 4 is 41.6 Å². The van der Waals surface area contributed by atoms with Gasteiger partial charge in [0.1, 0.15) is 6.54 Å². The van der Waals surface area contributed by atoms with E-state index in [-0.39, 0.29) is 30.6 Å². The van der Waals surface area contributed by atoms with Gasteiger partial charge in [0, 0.05) is 25.6 Å². The predicted molar refractivity (Wildman–Crippen MR) is 167 cm³/mol. The number of amides is 2. The molecule has 0 radical (unpaired) electrons. The van der Waals surface area contributed by atoms with Gasteiger partial charge in [0.15, 0.2) is 13.1 Å². The van der Waals surface area contributed by atoms with Gasteiger partial charge in [-0.3, -0.25) is 19.2 Å². The van der Waals surface area contributed by atoms with E-state index in [1.54, 1.807) is 31.7 Å². The number of morpholine rings is 1. The van der Waals surface area contributed by atoms with E-state index >= 15 is 0 Å². The van der Waals surface area contributed by atoms with Crippen molar-refractivity contribution < 1.29 is 33.4 Å². The van der Waals surface area contributed by atoms with Crippen molar-refractivity contribution in [1.82, 2.24) is 4.90 Å². The molecule has 1 aromatic rings. The molecule has 236 valence electrons. The summed E-state index contributed by atoms with van der Waals surface area (Å²) in [6.07, 6.45) is 8.71. The molecule has 42 heavy (non-hydrogen) atoms. The summed E-state index contributed by atoms with van der Waals surface area (Å²) in [7, 11) is 1.48. The minimum atomic E-state index is -0.432. The second-order valence-corrected chi connectivity index (χ2v) is 13.6. The number of nitrogens with zero attached hydrogens (tertiary/aromatic N) is 2. The van der Waals surface area contributed by atoms with E-state index in [0.29, 0.717) is 54.4 Å². The van der Waals surface area contributed by atoms with E-state index < -0.39 is 5.41 Å². The first kappa shape index (κ1) is 37.3. The van der Waals surface area contributed by atoms with E-state index in [1.807, 2.05) is 20.8 Å². The van der Waals surface area contributed by atoms with Crippen molar-refractivity contribution in [3.63, 3.8) is 0 Å². The van der Waals surface area contributed by atoms with E-state index in [2.05, 4.69) is 23.5 Å². The largest absolute Gasteiger partial charge is 0.438 e. The Labute approximate surface area is 256 Å². The van der Waals surface area contributed by atoms with Gasteiger partial charge in [-0.15, -0.1) is 11.3 Å². The third-order valence-electron chi connectivity index (χ3n) is 6.33. The molecule has 2 aliphatic rings. The summed E-state index contributed by atoms with van der Waals surface area (Å²) in [5.41, 5.74) is -0.171. The summed E-state index contributed by atoms with van der Waals surface area (Å²) in [4.78, 5) is 50.1. The van der Waals surface area contributed by atoms with Crippen LogP contribution in [-0.2, 0) is 28.6 Å². The van der Waals surface area contributed by atoms with Crippen molar-refractivity contribution in [2.75, 3.05) is 51.7 Å². The van der Waals surface area contributed by atoms with E-state index in [4.69, 9.17) is 9.47 Å². The molecule has 0 atom stereocenters. The highest BCUT2D eigenvalue weighted by Crippen LogP contribution is 2.28. The summed E-state index contributed by atoms with van der Waals surface area (Å²) in [6.45, 7) is 15.7. The van der Waals surface area contributed by atoms with Crippen molar-refractivity contribution in [3.05, 3.63) is 15.8 Å². The summed E-state index contributed by atoms with van der Waals surface area (Å²) in [5, 5.41) is 0. The van der Waals surface area contributed by atoms with Crippen LogP contribution in [0.5, 0.6) is 0 Å². The maximum absolute atomic E-state index is 12.4. The van der Waals surface area contributed by atoms with Crippen LogP contribution in [0.15, 0.2) is 6.07 Å². The molecule has 1 aliphatic carbocycles. The molecule has 10 heteroatoms. The molecule has 0 unspecified atom stereocenters. The van der Waals surface area contributed by atoms with Crippen molar-refractivity contribution in [1.29, 1.82) is 0 Å². The van der Waals surface area contributed by atoms with Crippen LogP contribution in [0.4, 0.5) is 5.69 Å². The predicted octanol–water partition coefficient (Wildman–Crippen LogP) is 5.55. The Balaban J connectivity index is 0.000000422. The Morgan fingerprint density at radius 1 is 1.10 bits per heavy atom. The first-order chi connectivity index (χ1) is 19.7. The Bertz CT molecular complexity index is 1050. The maximum Gasteiger partial charge on any atom is 0.313 e. The highest BCUT2D eigenvalue weighted by atomic mass is 32.1. The van der Waals surface area contributed by atoms with Crippen LogP contribution in [-0.4, -0.2) is 76.2 Å². The molecule has 2 amide bonds. The average molecular weight is 607 g/mol. The van der Waals surface area contributed by atoms with Gasteiger partial charge in [0.05, 0.1) is 34.1 Å². The first-order valence-electron chi connectivity index (χ1n) is 14.6. The second-order valence-electron chi connectivity index (χ2n) is 12.5. The molecule has 1 aromatic heterocycles. The smallest absolute Gasteiger partial charge is 0.313 e. The molecule has 1 aliphatic heterocycles. The fraction of sp³-hybridized carbons (Fsp3) is 0.688. The molecule has 2 heterocycles.